The van der Waals surface area contributed by atoms with Crippen LogP contribution in [0.25, 0.3) is 6.08 Å². The van der Waals surface area contributed by atoms with Gasteiger partial charge in [-0.25, -0.2) is 4.79 Å². The van der Waals surface area contributed by atoms with Crippen LogP contribution in [0, 0.1) is 0 Å². The molecule has 0 spiro atoms. The van der Waals surface area contributed by atoms with Crippen LogP contribution in [0.15, 0.2) is 60.7 Å². The molecule has 1 amide bonds. The lowest BCUT2D eigenvalue weighted by atomic mass is 10.2. The molecule has 0 fully saturated rings. The maximum atomic E-state index is 11.6. The van der Waals surface area contributed by atoms with E-state index in [4.69, 9.17) is 16.3 Å². The molecule has 0 atom stereocenters. The van der Waals surface area contributed by atoms with Crippen molar-refractivity contribution >= 4 is 29.5 Å². The fourth-order valence-corrected chi connectivity index (χ4v) is 1.76. The average Bonchev–Trinajstić information content (AvgIpc) is 2.47. The molecule has 0 heterocycles. The van der Waals surface area contributed by atoms with Gasteiger partial charge < -0.3 is 4.74 Å². The first-order valence-corrected chi connectivity index (χ1v) is 6.53. The van der Waals surface area contributed by atoms with Gasteiger partial charge in [0.2, 0.25) is 0 Å². The Morgan fingerprint density at radius 2 is 1.80 bits per heavy atom. The molecule has 0 aliphatic heterocycles. The van der Waals surface area contributed by atoms with Crippen molar-refractivity contribution in [3.8, 4) is 0 Å². The van der Waals surface area contributed by atoms with E-state index in [-0.39, 0.29) is 6.61 Å². The molecule has 1 N–H and O–H groups in total. The summed E-state index contributed by atoms with van der Waals surface area (Å²) in [4.78, 5) is 11.6. The third kappa shape index (κ3) is 4.44. The number of nitrogens with one attached hydrogen (secondary N) is 1. The van der Waals surface area contributed by atoms with E-state index in [0.29, 0.717) is 10.7 Å². The summed E-state index contributed by atoms with van der Waals surface area (Å²) in [5.41, 5.74) is 1.59. The first kappa shape index (κ1) is 14.2. The minimum Gasteiger partial charge on any atom is -0.445 e. The summed E-state index contributed by atoms with van der Waals surface area (Å²) in [6.45, 7) is 0.200. The molecule has 0 radical (unpaired) electrons. The second-order valence-electron chi connectivity index (χ2n) is 4.02. The quantitative estimate of drug-likeness (QED) is 0.892. The van der Waals surface area contributed by atoms with E-state index in [1.165, 1.54) is 0 Å². The Morgan fingerprint density at radius 3 is 2.55 bits per heavy atom. The minimum absolute atomic E-state index is 0.200. The first-order chi connectivity index (χ1) is 9.75. The van der Waals surface area contributed by atoms with Crippen LogP contribution >= 0.6 is 11.6 Å². The number of halogens is 1. The fraction of sp³-hybridized carbons (Fsp3) is 0.0625. The number of rotatable bonds is 4. The monoisotopic (exact) mass is 287 g/mol. The zero-order chi connectivity index (χ0) is 14.2. The number of benzene rings is 2. The number of para-hydroxylation sites is 1. The highest BCUT2D eigenvalue weighted by molar-refractivity contribution is 6.33. The van der Waals surface area contributed by atoms with Gasteiger partial charge >= 0.3 is 6.09 Å². The first-order valence-electron chi connectivity index (χ1n) is 6.15. The standard InChI is InChI=1S/C16H14ClNO2/c17-14-10-4-5-11-15(14)18-16(19)20-12-6-9-13-7-2-1-3-8-13/h1-11H,12H2,(H,18,19)/b9-6-. The summed E-state index contributed by atoms with van der Waals surface area (Å²) in [5.74, 6) is 0. The number of carbonyl (C=O) groups excluding carboxylic acids is 1. The molecule has 0 aromatic heterocycles. The van der Waals surface area contributed by atoms with E-state index in [9.17, 15) is 4.79 Å². The highest BCUT2D eigenvalue weighted by Gasteiger charge is 2.04. The zero-order valence-corrected chi connectivity index (χ0v) is 11.5. The van der Waals surface area contributed by atoms with Crippen molar-refractivity contribution in [3.63, 3.8) is 0 Å². The maximum absolute atomic E-state index is 11.6. The van der Waals surface area contributed by atoms with Gasteiger partial charge in [-0.3, -0.25) is 5.32 Å². The van der Waals surface area contributed by atoms with E-state index in [1.807, 2.05) is 36.4 Å². The van der Waals surface area contributed by atoms with Gasteiger partial charge in [0.25, 0.3) is 0 Å². The second-order valence-corrected chi connectivity index (χ2v) is 4.42. The lowest BCUT2D eigenvalue weighted by Gasteiger charge is -2.06. The molecule has 2 rings (SSSR count). The number of hydrogen-bond acceptors (Lipinski definition) is 2. The molecular weight excluding hydrogens is 274 g/mol. The van der Waals surface area contributed by atoms with Crippen LogP contribution in [0.4, 0.5) is 10.5 Å². The van der Waals surface area contributed by atoms with E-state index in [1.54, 1.807) is 30.3 Å². The van der Waals surface area contributed by atoms with Crippen LogP contribution in [0.3, 0.4) is 0 Å². The molecule has 3 nitrogen and oxygen atoms in total. The van der Waals surface area contributed by atoms with Gasteiger partial charge in [0.05, 0.1) is 10.7 Å². The summed E-state index contributed by atoms with van der Waals surface area (Å²) in [7, 11) is 0. The molecule has 2 aromatic rings. The van der Waals surface area contributed by atoms with Crippen molar-refractivity contribution in [1.82, 2.24) is 0 Å². The lowest BCUT2D eigenvalue weighted by molar-refractivity contribution is 0.174. The SMILES string of the molecule is O=C(Nc1ccccc1Cl)OC/C=C\c1ccccc1. The van der Waals surface area contributed by atoms with E-state index in [2.05, 4.69) is 5.32 Å². The number of ether oxygens (including phenoxy) is 1. The predicted molar refractivity (Wildman–Crippen MR) is 81.9 cm³/mol. The van der Waals surface area contributed by atoms with Crippen molar-refractivity contribution in [1.29, 1.82) is 0 Å². The van der Waals surface area contributed by atoms with Gasteiger partial charge in [0, 0.05) is 0 Å². The van der Waals surface area contributed by atoms with Crippen molar-refractivity contribution in [2.24, 2.45) is 0 Å². The van der Waals surface area contributed by atoms with Gasteiger partial charge in [-0.2, -0.15) is 0 Å². The topological polar surface area (TPSA) is 38.3 Å². The van der Waals surface area contributed by atoms with E-state index >= 15 is 0 Å². The van der Waals surface area contributed by atoms with Gasteiger partial charge in [-0.05, 0) is 23.8 Å². The van der Waals surface area contributed by atoms with Gasteiger partial charge in [0.15, 0.2) is 0 Å². The van der Waals surface area contributed by atoms with Crippen molar-refractivity contribution < 1.29 is 9.53 Å². The predicted octanol–water partition coefficient (Wildman–Crippen LogP) is 4.60. The summed E-state index contributed by atoms with van der Waals surface area (Å²) in [5, 5.41) is 3.06. The minimum atomic E-state index is -0.532. The number of anilines is 1. The molecular formula is C16H14ClNO2. The molecule has 0 saturated heterocycles. The van der Waals surface area contributed by atoms with Crippen molar-refractivity contribution in [2.45, 2.75) is 0 Å². The lowest BCUT2D eigenvalue weighted by Crippen LogP contribution is -2.13. The summed E-state index contributed by atoms with van der Waals surface area (Å²) < 4.78 is 5.03. The van der Waals surface area contributed by atoms with Crippen LogP contribution < -0.4 is 5.32 Å². The molecule has 4 heteroatoms. The molecule has 20 heavy (non-hydrogen) atoms. The van der Waals surface area contributed by atoms with Crippen LogP contribution in [-0.4, -0.2) is 12.7 Å². The smallest absolute Gasteiger partial charge is 0.411 e. The zero-order valence-electron chi connectivity index (χ0n) is 10.8. The summed E-state index contributed by atoms with van der Waals surface area (Å²) in [6.07, 6.45) is 3.14. The normalized spacial score (nSPS) is 10.4. The molecule has 0 aliphatic carbocycles. The molecule has 0 aliphatic rings. The highest BCUT2D eigenvalue weighted by atomic mass is 35.5. The molecule has 2 aromatic carbocycles. The Balaban J connectivity index is 1.79. The Hall–Kier alpha value is -2.26. The number of hydrogen-bond donors (Lipinski definition) is 1. The maximum Gasteiger partial charge on any atom is 0.411 e. The summed E-state index contributed by atoms with van der Waals surface area (Å²) in [6, 6.07) is 16.8. The van der Waals surface area contributed by atoms with Gasteiger partial charge in [-0.1, -0.05) is 60.1 Å². The van der Waals surface area contributed by atoms with E-state index < -0.39 is 6.09 Å². The highest BCUT2D eigenvalue weighted by Crippen LogP contribution is 2.20. The molecule has 0 bridgehead atoms. The van der Waals surface area contributed by atoms with Crippen LogP contribution in [-0.2, 0) is 4.74 Å². The second kappa shape index (κ2) is 7.36. The van der Waals surface area contributed by atoms with Crippen LogP contribution in [0.5, 0.6) is 0 Å². The van der Waals surface area contributed by atoms with Crippen molar-refractivity contribution in [3.05, 3.63) is 71.3 Å². The molecule has 0 unspecified atom stereocenters. The Labute approximate surface area is 122 Å². The average molecular weight is 288 g/mol. The number of carbonyl (C=O) groups is 1. The molecule has 0 saturated carbocycles. The van der Waals surface area contributed by atoms with Gasteiger partial charge in [-0.15, -0.1) is 0 Å². The Kier molecular flexibility index (Phi) is 5.21. The third-order valence-electron chi connectivity index (χ3n) is 2.53. The summed E-state index contributed by atoms with van der Waals surface area (Å²) >= 11 is 5.93. The fourth-order valence-electron chi connectivity index (χ4n) is 1.58. The van der Waals surface area contributed by atoms with Crippen molar-refractivity contribution in [2.75, 3.05) is 11.9 Å². The Bertz CT molecular complexity index is 596. The third-order valence-corrected chi connectivity index (χ3v) is 2.86. The molecule has 102 valence electrons. The number of amides is 1. The largest absolute Gasteiger partial charge is 0.445 e. The van der Waals surface area contributed by atoms with E-state index in [0.717, 1.165) is 5.56 Å². The van der Waals surface area contributed by atoms with Crippen LogP contribution in [0.1, 0.15) is 5.56 Å². The van der Waals surface area contributed by atoms with Gasteiger partial charge in [0.1, 0.15) is 6.61 Å². The van der Waals surface area contributed by atoms with Crippen LogP contribution in [0.2, 0.25) is 5.02 Å². The Morgan fingerprint density at radius 1 is 1.10 bits per heavy atom.